The minimum atomic E-state index is 0.240. The monoisotopic (exact) mass is 296 g/mol. The Labute approximate surface area is 127 Å². The molecule has 2 rings (SSSR count). The molecule has 2 aliphatic rings. The van der Waals surface area contributed by atoms with Gasteiger partial charge in [0.25, 0.3) is 0 Å². The maximum Gasteiger partial charge on any atom is 0.222 e. The van der Waals surface area contributed by atoms with Crippen molar-refractivity contribution in [2.45, 2.75) is 39.2 Å². The van der Waals surface area contributed by atoms with Gasteiger partial charge in [-0.3, -0.25) is 9.79 Å². The predicted molar refractivity (Wildman–Crippen MR) is 83.3 cm³/mol. The van der Waals surface area contributed by atoms with Gasteiger partial charge in [-0.25, -0.2) is 0 Å². The molecule has 6 nitrogen and oxygen atoms in total. The number of likely N-dealkylation sites (tertiary alicyclic amines) is 1. The SMILES string of the molecule is CCNC(=NCC1CCOC1)NC1CCN(C(=O)CC)C1. The molecule has 2 saturated heterocycles. The molecule has 2 heterocycles. The maximum atomic E-state index is 11.7. The summed E-state index contributed by atoms with van der Waals surface area (Å²) in [6, 6.07) is 0.304. The Morgan fingerprint density at radius 1 is 1.38 bits per heavy atom. The number of amides is 1. The van der Waals surface area contributed by atoms with Crippen LogP contribution < -0.4 is 10.6 Å². The summed E-state index contributed by atoms with van der Waals surface area (Å²) in [4.78, 5) is 18.3. The van der Waals surface area contributed by atoms with E-state index in [0.717, 1.165) is 58.2 Å². The van der Waals surface area contributed by atoms with Gasteiger partial charge < -0.3 is 20.3 Å². The molecule has 0 aromatic rings. The maximum absolute atomic E-state index is 11.7. The van der Waals surface area contributed by atoms with Gasteiger partial charge in [0.2, 0.25) is 5.91 Å². The molecule has 2 aliphatic heterocycles. The van der Waals surface area contributed by atoms with Crippen LogP contribution in [0.15, 0.2) is 4.99 Å². The van der Waals surface area contributed by atoms with Gasteiger partial charge in [-0.2, -0.15) is 0 Å². The molecule has 0 saturated carbocycles. The molecule has 0 aromatic carbocycles. The first-order valence-electron chi connectivity index (χ1n) is 8.13. The summed E-state index contributed by atoms with van der Waals surface area (Å²) in [6.45, 7) is 8.95. The first-order valence-corrected chi connectivity index (χ1v) is 8.13. The normalized spacial score (nSPS) is 26.2. The Balaban J connectivity index is 1.81. The molecule has 0 aliphatic carbocycles. The van der Waals surface area contributed by atoms with E-state index < -0.39 is 0 Å². The summed E-state index contributed by atoms with van der Waals surface area (Å²) in [5, 5.41) is 6.74. The zero-order valence-corrected chi connectivity index (χ0v) is 13.2. The van der Waals surface area contributed by atoms with Crippen molar-refractivity contribution in [2.24, 2.45) is 10.9 Å². The van der Waals surface area contributed by atoms with Gasteiger partial charge in [0.15, 0.2) is 5.96 Å². The van der Waals surface area contributed by atoms with Gasteiger partial charge >= 0.3 is 0 Å². The molecule has 0 bridgehead atoms. The number of hydrogen-bond donors (Lipinski definition) is 2. The number of guanidine groups is 1. The Morgan fingerprint density at radius 2 is 2.24 bits per heavy atom. The largest absolute Gasteiger partial charge is 0.381 e. The Morgan fingerprint density at radius 3 is 2.90 bits per heavy atom. The summed E-state index contributed by atoms with van der Waals surface area (Å²) >= 11 is 0. The van der Waals surface area contributed by atoms with E-state index in [-0.39, 0.29) is 5.91 Å². The molecular weight excluding hydrogens is 268 g/mol. The van der Waals surface area contributed by atoms with Crippen LogP contribution in [0.3, 0.4) is 0 Å². The fourth-order valence-corrected chi connectivity index (χ4v) is 2.79. The van der Waals surface area contributed by atoms with E-state index in [2.05, 4.69) is 22.5 Å². The fraction of sp³-hybridized carbons (Fsp3) is 0.867. The van der Waals surface area contributed by atoms with Crippen molar-refractivity contribution in [3.63, 3.8) is 0 Å². The molecule has 0 radical (unpaired) electrons. The molecular formula is C15H28N4O2. The Kier molecular flexibility index (Phi) is 6.29. The van der Waals surface area contributed by atoms with E-state index in [1.54, 1.807) is 0 Å². The number of ether oxygens (including phenoxy) is 1. The average Bonchev–Trinajstić information content (AvgIpc) is 3.15. The van der Waals surface area contributed by atoms with E-state index in [4.69, 9.17) is 4.74 Å². The lowest BCUT2D eigenvalue weighted by Crippen LogP contribution is -2.45. The second kappa shape index (κ2) is 8.22. The van der Waals surface area contributed by atoms with Crippen LogP contribution in [-0.2, 0) is 9.53 Å². The van der Waals surface area contributed by atoms with Crippen molar-refractivity contribution in [3.05, 3.63) is 0 Å². The van der Waals surface area contributed by atoms with Gasteiger partial charge in [0.05, 0.1) is 6.61 Å². The first kappa shape index (κ1) is 16.1. The molecule has 2 N–H and O–H groups in total. The molecule has 0 spiro atoms. The smallest absolute Gasteiger partial charge is 0.222 e. The van der Waals surface area contributed by atoms with Crippen molar-refractivity contribution in [2.75, 3.05) is 39.4 Å². The van der Waals surface area contributed by atoms with E-state index in [9.17, 15) is 4.79 Å². The highest BCUT2D eigenvalue weighted by molar-refractivity contribution is 5.80. The lowest BCUT2D eigenvalue weighted by molar-refractivity contribution is -0.129. The first-order chi connectivity index (χ1) is 10.2. The topological polar surface area (TPSA) is 66.0 Å². The molecule has 6 heteroatoms. The summed E-state index contributed by atoms with van der Waals surface area (Å²) in [5.74, 6) is 1.65. The molecule has 0 aromatic heterocycles. The van der Waals surface area contributed by atoms with Gasteiger partial charge in [0.1, 0.15) is 0 Å². The number of carbonyl (C=O) groups excluding carboxylic acids is 1. The van der Waals surface area contributed by atoms with Crippen LogP contribution in [0.1, 0.15) is 33.1 Å². The lowest BCUT2D eigenvalue weighted by atomic mass is 10.1. The van der Waals surface area contributed by atoms with E-state index in [0.29, 0.717) is 18.4 Å². The Bertz CT molecular complexity index is 367. The molecule has 21 heavy (non-hydrogen) atoms. The van der Waals surface area contributed by atoms with Crippen molar-refractivity contribution < 1.29 is 9.53 Å². The molecule has 120 valence electrons. The number of rotatable bonds is 5. The minimum Gasteiger partial charge on any atom is -0.381 e. The second-order valence-electron chi connectivity index (χ2n) is 5.77. The van der Waals surface area contributed by atoms with E-state index in [1.165, 1.54) is 0 Å². The number of aliphatic imine (C=N–C) groups is 1. The van der Waals surface area contributed by atoms with Crippen LogP contribution in [0.4, 0.5) is 0 Å². The molecule has 2 atom stereocenters. The zero-order chi connectivity index (χ0) is 15.1. The van der Waals surface area contributed by atoms with Gasteiger partial charge in [-0.05, 0) is 19.8 Å². The average molecular weight is 296 g/mol. The number of carbonyl (C=O) groups is 1. The second-order valence-corrected chi connectivity index (χ2v) is 5.77. The van der Waals surface area contributed by atoms with Crippen molar-refractivity contribution in [1.82, 2.24) is 15.5 Å². The summed E-state index contributed by atoms with van der Waals surface area (Å²) in [5.41, 5.74) is 0. The number of nitrogens with one attached hydrogen (secondary N) is 2. The van der Waals surface area contributed by atoms with Crippen LogP contribution >= 0.6 is 0 Å². The number of nitrogens with zero attached hydrogens (tertiary/aromatic N) is 2. The highest BCUT2D eigenvalue weighted by Gasteiger charge is 2.25. The van der Waals surface area contributed by atoms with Crippen LogP contribution in [-0.4, -0.2) is 62.2 Å². The van der Waals surface area contributed by atoms with Crippen molar-refractivity contribution in [3.8, 4) is 0 Å². The molecule has 1 amide bonds. The standard InChI is InChI=1S/C15H28N4O2/c1-3-14(20)19-7-5-13(10-19)18-15(16-4-2)17-9-12-6-8-21-11-12/h12-13H,3-11H2,1-2H3,(H2,16,17,18). The third-order valence-electron chi connectivity index (χ3n) is 4.06. The predicted octanol–water partition coefficient (Wildman–Crippen LogP) is 0.589. The summed E-state index contributed by atoms with van der Waals surface area (Å²) < 4.78 is 5.38. The van der Waals surface area contributed by atoms with Gasteiger partial charge in [-0.15, -0.1) is 0 Å². The molecule has 2 fully saturated rings. The van der Waals surface area contributed by atoms with E-state index in [1.807, 2.05) is 11.8 Å². The van der Waals surface area contributed by atoms with Crippen LogP contribution in [0.5, 0.6) is 0 Å². The van der Waals surface area contributed by atoms with E-state index >= 15 is 0 Å². The van der Waals surface area contributed by atoms with Crippen LogP contribution in [0.2, 0.25) is 0 Å². The van der Waals surface area contributed by atoms with Crippen LogP contribution in [0.25, 0.3) is 0 Å². The highest BCUT2D eigenvalue weighted by atomic mass is 16.5. The summed E-state index contributed by atoms with van der Waals surface area (Å²) in [6.07, 6.45) is 2.68. The highest BCUT2D eigenvalue weighted by Crippen LogP contribution is 2.13. The van der Waals surface area contributed by atoms with Crippen molar-refractivity contribution in [1.29, 1.82) is 0 Å². The minimum absolute atomic E-state index is 0.240. The third-order valence-corrected chi connectivity index (χ3v) is 4.06. The fourth-order valence-electron chi connectivity index (χ4n) is 2.79. The Hall–Kier alpha value is -1.30. The summed E-state index contributed by atoms with van der Waals surface area (Å²) in [7, 11) is 0. The quantitative estimate of drug-likeness (QED) is 0.576. The lowest BCUT2D eigenvalue weighted by Gasteiger charge is -2.19. The number of hydrogen-bond acceptors (Lipinski definition) is 3. The van der Waals surface area contributed by atoms with Crippen molar-refractivity contribution >= 4 is 11.9 Å². The van der Waals surface area contributed by atoms with Crippen LogP contribution in [0, 0.1) is 5.92 Å². The van der Waals surface area contributed by atoms with Gasteiger partial charge in [-0.1, -0.05) is 6.92 Å². The zero-order valence-electron chi connectivity index (χ0n) is 13.2. The third kappa shape index (κ3) is 4.88. The van der Waals surface area contributed by atoms with Gasteiger partial charge in [0, 0.05) is 51.2 Å². The molecule has 2 unspecified atom stereocenters.